The van der Waals surface area contributed by atoms with Gasteiger partial charge in [0.25, 0.3) is 0 Å². The smallest absolute Gasteiger partial charge is 0.101 e. The predicted octanol–water partition coefficient (Wildman–Crippen LogP) is 3.44. The third-order valence-electron chi connectivity index (χ3n) is 1.85. The van der Waals surface area contributed by atoms with Crippen molar-refractivity contribution in [2.45, 2.75) is 0 Å². The fourth-order valence-electron chi connectivity index (χ4n) is 1.34. The molecule has 3 aromatic heterocycles. The SMILES string of the molecule is c1cc2c([nH]c3sccc32)s1. The van der Waals surface area contributed by atoms with E-state index in [2.05, 4.69) is 27.9 Å². The molecule has 54 valence electrons. The number of hydrogen-bond donors (Lipinski definition) is 1. The largest absolute Gasteiger partial charge is 0.338 e. The van der Waals surface area contributed by atoms with Crippen LogP contribution >= 0.6 is 22.7 Å². The van der Waals surface area contributed by atoms with Crippen LogP contribution in [0.15, 0.2) is 22.9 Å². The Morgan fingerprint density at radius 2 is 1.45 bits per heavy atom. The van der Waals surface area contributed by atoms with Crippen molar-refractivity contribution in [2.24, 2.45) is 0 Å². The van der Waals surface area contributed by atoms with E-state index in [1.54, 1.807) is 22.7 Å². The molecule has 0 atom stereocenters. The van der Waals surface area contributed by atoms with E-state index in [-0.39, 0.29) is 0 Å². The Morgan fingerprint density at radius 1 is 0.909 bits per heavy atom. The van der Waals surface area contributed by atoms with Gasteiger partial charge in [-0.1, -0.05) is 0 Å². The maximum atomic E-state index is 3.38. The summed E-state index contributed by atoms with van der Waals surface area (Å²) in [5.41, 5.74) is 0. The molecule has 0 aliphatic rings. The van der Waals surface area contributed by atoms with E-state index in [9.17, 15) is 0 Å². The van der Waals surface area contributed by atoms with E-state index in [0.29, 0.717) is 0 Å². The molecule has 0 aromatic carbocycles. The second-order valence-corrected chi connectivity index (χ2v) is 4.28. The summed E-state index contributed by atoms with van der Waals surface area (Å²) in [6, 6.07) is 4.34. The van der Waals surface area contributed by atoms with E-state index in [4.69, 9.17) is 0 Å². The number of rotatable bonds is 0. The molecule has 1 nitrogen and oxygen atoms in total. The van der Waals surface area contributed by atoms with Crippen LogP contribution in [0.25, 0.3) is 20.4 Å². The van der Waals surface area contributed by atoms with Crippen LogP contribution in [0.3, 0.4) is 0 Å². The monoisotopic (exact) mass is 179 g/mol. The van der Waals surface area contributed by atoms with Gasteiger partial charge in [-0.05, 0) is 22.9 Å². The zero-order valence-electron chi connectivity index (χ0n) is 5.63. The molecule has 0 aliphatic carbocycles. The van der Waals surface area contributed by atoms with E-state index in [1.165, 1.54) is 20.4 Å². The minimum atomic E-state index is 1.30. The minimum Gasteiger partial charge on any atom is -0.338 e. The third kappa shape index (κ3) is 0.645. The van der Waals surface area contributed by atoms with Crippen molar-refractivity contribution in [3.05, 3.63) is 22.9 Å². The van der Waals surface area contributed by atoms with Gasteiger partial charge in [-0.15, -0.1) is 22.7 Å². The zero-order chi connectivity index (χ0) is 7.26. The Morgan fingerprint density at radius 3 is 2.00 bits per heavy atom. The molecule has 0 bridgehead atoms. The molecule has 11 heavy (non-hydrogen) atoms. The van der Waals surface area contributed by atoms with E-state index < -0.39 is 0 Å². The molecule has 1 N–H and O–H groups in total. The summed E-state index contributed by atoms with van der Waals surface area (Å²) in [6.07, 6.45) is 0. The van der Waals surface area contributed by atoms with Gasteiger partial charge < -0.3 is 4.98 Å². The summed E-state index contributed by atoms with van der Waals surface area (Å²) in [5, 5.41) is 6.98. The lowest BCUT2D eigenvalue weighted by atomic mass is 10.3. The average molecular weight is 179 g/mol. The van der Waals surface area contributed by atoms with E-state index in [0.717, 1.165) is 0 Å². The first-order valence-electron chi connectivity index (χ1n) is 3.37. The summed E-state index contributed by atoms with van der Waals surface area (Å²) >= 11 is 3.54. The number of aromatic amines is 1. The van der Waals surface area contributed by atoms with Crippen LogP contribution in [0, 0.1) is 0 Å². The molecule has 0 saturated carbocycles. The van der Waals surface area contributed by atoms with Crippen molar-refractivity contribution in [1.82, 2.24) is 4.98 Å². The number of nitrogens with one attached hydrogen (secondary N) is 1. The van der Waals surface area contributed by atoms with Crippen molar-refractivity contribution in [1.29, 1.82) is 0 Å². The molecule has 0 aliphatic heterocycles. The highest BCUT2D eigenvalue weighted by molar-refractivity contribution is 7.19. The van der Waals surface area contributed by atoms with Crippen LogP contribution in [0.2, 0.25) is 0 Å². The Bertz CT molecular complexity index is 455. The van der Waals surface area contributed by atoms with Gasteiger partial charge in [-0.2, -0.15) is 0 Å². The fraction of sp³-hybridized carbons (Fsp3) is 0. The summed E-state index contributed by atoms with van der Waals surface area (Å²) in [6.45, 7) is 0. The molecule has 3 aromatic rings. The van der Waals surface area contributed by atoms with Gasteiger partial charge in [0.2, 0.25) is 0 Å². The molecule has 3 heteroatoms. The highest BCUT2D eigenvalue weighted by atomic mass is 32.1. The molecule has 3 rings (SSSR count). The highest BCUT2D eigenvalue weighted by Gasteiger charge is 2.04. The first-order valence-corrected chi connectivity index (χ1v) is 5.13. The predicted molar refractivity (Wildman–Crippen MR) is 51.6 cm³/mol. The van der Waals surface area contributed by atoms with Gasteiger partial charge in [0, 0.05) is 10.8 Å². The lowest BCUT2D eigenvalue weighted by molar-refractivity contribution is 1.64. The number of H-pyrrole nitrogens is 1. The molecule has 3 heterocycles. The Balaban J connectivity index is 2.75. The molecular weight excluding hydrogens is 174 g/mol. The Labute approximate surface area is 71.3 Å². The molecule has 0 fully saturated rings. The van der Waals surface area contributed by atoms with Gasteiger partial charge >= 0.3 is 0 Å². The number of thiophene rings is 2. The lowest BCUT2D eigenvalue weighted by Gasteiger charge is -1.71. The second-order valence-electron chi connectivity index (χ2n) is 2.45. The summed E-state index contributed by atoms with van der Waals surface area (Å²) in [7, 11) is 0. The van der Waals surface area contributed by atoms with Crippen LogP contribution in [-0.2, 0) is 0 Å². The van der Waals surface area contributed by atoms with Crippen molar-refractivity contribution in [3.63, 3.8) is 0 Å². The van der Waals surface area contributed by atoms with Gasteiger partial charge in [-0.3, -0.25) is 0 Å². The highest BCUT2D eigenvalue weighted by Crippen LogP contribution is 2.31. The molecular formula is C8H5NS2. The number of hydrogen-bond acceptors (Lipinski definition) is 2. The van der Waals surface area contributed by atoms with Crippen LogP contribution in [0.5, 0.6) is 0 Å². The van der Waals surface area contributed by atoms with Gasteiger partial charge in [0.05, 0.1) is 0 Å². The van der Waals surface area contributed by atoms with Crippen LogP contribution < -0.4 is 0 Å². The Kier molecular flexibility index (Phi) is 0.985. The molecule has 0 amide bonds. The van der Waals surface area contributed by atoms with Crippen LogP contribution in [-0.4, -0.2) is 4.98 Å². The maximum absolute atomic E-state index is 3.38. The third-order valence-corrected chi connectivity index (χ3v) is 3.51. The van der Waals surface area contributed by atoms with Crippen molar-refractivity contribution in [3.8, 4) is 0 Å². The zero-order valence-corrected chi connectivity index (χ0v) is 7.26. The van der Waals surface area contributed by atoms with Gasteiger partial charge in [0.1, 0.15) is 9.66 Å². The van der Waals surface area contributed by atoms with Crippen molar-refractivity contribution >= 4 is 43.1 Å². The summed E-state index contributed by atoms with van der Waals surface area (Å²) in [4.78, 5) is 5.97. The van der Waals surface area contributed by atoms with Gasteiger partial charge in [-0.25, -0.2) is 0 Å². The lowest BCUT2D eigenvalue weighted by Crippen LogP contribution is -1.49. The number of fused-ring (bicyclic) bond motifs is 3. The topological polar surface area (TPSA) is 15.8 Å². The summed E-state index contributed by atoms with van der Waals surface area (Å²) < 4.78 is 0. The van der Waals surface area contributed by atoms with E-state index in [1.807, 2.05) is 0 Å². The second kappa shape index (κ2) is 1.87. The minimum absolute atomic E-state index is 1.30. The van der Waals surface area contributed by atoms with Gasteiger partial charge in [0.15, 0.2) is 0 Å². The quantitative estimate of drug-likeness (QED) is 0.544. The standard InChI is InChI=1S/C8H5NS2/c1-3-10-7-5(1)6-2-4-11-8(6)9-7/h1-4,9H. The normalized spacial score (nSPS) is 11.6. The first kappa shape index (κ1) is 5.80. The van der Waals surface area contributed by atoms with Crippen LogP contribution in [0.4, 0.5) is 0 Å². The molecule has 0 saturated heterocycles. The molecule has 0 spiro atoms. The fourth-order valence-corrected chi connectivity index (χ4v) is 3.02. The van der Waals surface area contributed by atoms with Crippen molar-refractivity contribution < 1.29 is 0 Å². The molecule has 0 unspecified atom stereocenters. The summed E-state index contributed by atoms with van der Waals surface area (Å²) in [5.74, 6) is 0. The van der Waals surface area contributed by atoms with Crippen molar-refractivity contribution in [2.75, 3.05) is 0 Å². The number of aromatic nitrogens is 1. The molecule has 0 radical (unpaired) electrons. The van der Waals surface area contributed by atoms with Crippen LogP contribution in [0.1, 0.15) is 0 Å². The maximum Gasteiger partial charge on any atom is 0.101 e. The average Bonchev–Trinajstić information content (AvgIpc) is 2.52. The van der Waals surface area contributed by atoms with E-state index >= 15 is 0 Å². The Hall–Kier alpha value is -0.800. The first-order chi connectivity index (χ1) is 5.45.